The lowest BCUT2D eigenvalue weighted by molar-refractivity contribution is -0.00210. The van der Waals surface area contributed by atoms with Gasteiger partial charge in [-0.05, 0) is 25.1 Å². The predicted molar refractivity (Wildman–Crippen MR) is 62.3 cm³/mol. The average Bonchev–Trinajstić information content (AvgIpc) is 2.80. The second kappa shape index (κ2) is 4.13. The molecule has 2 atom stereocenters. The molecule has 0 aliphatic carbocycles. The number of furan rings is 1. The van der Waals surface area contributed by atoms with Gasteiger partial charge in [-0.2, -0.15) is 0 Å². The van der Waals surface area contributed by atoms with Gasteiger partial charge in [0.2, 0.25) is 0 Å². The first-order chi connectivity index (χ1) is 8.27. The molecule has 0 amide bonds. The standard InChI is InChI=1S/C13H14FNO2/c1-8-13(17-7-5-15-8)10-2-3-11-9(12(10)14)4-6-16-11/h2-4,6,8,13,15H,5,7H2,1H3. The van der Waals surface area contributed by atoms with Crippen LogP contribution in [-0.4, -0.2) is 19.2 Å². The minimum atomic E-state index is -0.239. The zero-order chi connectivity index (χ0) is 11.8. The van der Waals surface area contributed by atoms with E-state index in [1.54, 1.807) is 18.2 Å². The molecule has 0 spiro atoms. The lowest BCUT2D eigenvalue weighted by atomic mass is 10.00. The second-order valence-corrected chi connectivity index (χ2v) is 4.34. The van der Waals surface area contributed by atoms with Crippen molar-refractivity contribution < 1.29 is 13.5 Å². The van der Waals surface area contributed by atoms with Gasteiger partial charge in [-0.3, -0.25) is 0 Å². The van der Waals surface area contributed by atoms with Gasteiger partial charge in [-0.25, -0.2) is 4.39 Å². The zero-order valence-electron chi connectivity index (χ0n) is 9.57. The SMILES string of the molecule is CC1NCCOC1c1ccc2occc2c1F. The molecule has 1 aliphatic heterocycles. The highest BCUT2D eigenvalue weighted by Crippen LogP contribution is 2.30. The molecule has 2 heterocycles. The Bertz CT molecular complexity index is 537. The van der Waals surface area contributed by atoms with Gasteiger partial charge in [0.05, 0.1) is 18.3 Å². The van der Waals surface area contributed by atoms with E-state index in [2.05, 4.69) is 5.32 Å². The normalized spacial score (nSPS) is 25.3. The quantitative estimate of drug-likeness (QED) is 0.825. The molecule has 1 N–H and O–H groups in total. The molecule has 0 bridgehead atoms. The number of fused-ring (bicyclic) bond motifs is 1. The maximum absolute atomic E-state index is 14.3. The Kier molecular flexibility index (Phi) is 2.61. The first kappa shape index (κ1) is 10.7. The van der Waals surface area contributed by atoms with Crippen molar-refractivity contribution in [3.05, 3.63) is 35.8 Å². The number of hydrogen-bond donors (Lipinski definition) is 1. The number of morpholine rings is 1. The summed E-state index contributed by atoms with van der Waals surface area (Å²) in [5.41, 5.74) is 1.17. The molecule has 2 aromatic rings. The fraction of sp³-hybridized carbons (Fsp3) is 0.385. The molecule has 1 aliphatic rings. The number of halogens is 1. The summed E-state index contributed by atoms with van der Waals surface area (Å²) in [7, 11) is 0. The van der Waals surface area contributed by atoms with Crippen molar-refractivity contribution in [3.8, 4) is 0 Å². The molecular formula is C13H14FNO2. The van der Waals surface area contributed by atoms with E-state index in [1.165, 1.54) is 6.26 Å². The summed E-state index contributed by atoms with van der Waals surface area (Å²) in [5, 5.41) is 3.80. The Balaban J connectivity index is 2.06. The Morgan fingerprint density at radius 2 is 2.24 bits per heavy atom. The lowest BCUT2D eigenvalue weighted by Crippen LogP contribution is -2.41. The van der Waals surface area contributed by atoms with Crippen LogP contribution in [-0.2, 0) is 4.74 Å². The number of hydrogen-bond acceptors (Lipinski definition) is 3. The van der Waals surface area contributed by atoms with E-state index in [1.807, 2.05) is 6.92 Å². The van der Waals surface area contributed by atoms with Crippen LogP contribution in [0.4, 0.5) is 4.39 Å². The third kappa shape index (κ3) is 1.73. The predicted octanol–water partition coefficient (Wildman–Crippen LogP) is 2.62. The summed E-state index contributed by atoms with van der Waals surface area (Å²) < 4.78 is 25.1. The highest BCUT2D eigenvalue weighted by molar-refractivity contribution is 5.78. The summed E-state index contributed by atoms with van der Waals surface area (Å²) in [6.45, 7) is 3.42. The second-order valence-electron chi connectivity index (χ2n) is 4.34. The monoisotopic (exact) mass is 235 g/mol. The van der Waals surface area contributed by atoms with Crippen LogP contribution in [0.2, 0.25) is 0 Å². The minimum absolute atomic E-state index is 0.114. The van der Waals surface area contributed by atoms with Gasteiger partial charge in [0.15, 0.2) is 0 Å². The van der Waals surface area contributed by atoms with Gasteiger partial charge >= 0.3 is 0 Å². The molecule has 0 saturated carbocycles. The first-order valence-corrected chi connectivity index (χ1v) is 5.78. The number of ether oxygens (including phenoxy) is 1. The third-order valence-corrected chi connectivity index (χ3v) is 3.23. The molecule has 2 unspecified atom stereocenters. The van der Waals surface area contributed by atoms with Crippen molar-refractivity contribution in [3.63, 3.8) is 0 Å². The molecule has 17 heavy (non-hydrogen) atoms. The molecule has 90 valence electrons. The van der Waals surface area contributed by atoms with Crippen molar-refractivity contribution in [1.82, 2.24) is 5.32 Å². The zero-order valence-corrected chi connectivity index (χ0v) is 9.57. The fourth-order valence-electron chi connectivity index (χ4n) is 2.33. The smallest absolute Gasteiger partial charge is 0.140 e. The number of benzene rings is 1. The summed E-state index contributed by atoms with van der Waals surface area (Å²) in [4.78, 5) is 0. The van der Waals surface area contributed by atoms with Crippen LogP contribution in [0, 0.1) is 5.82 Å². The van der Waals surface area contributed by atoms with E-state index < -0.39 is 0 Å². The van der Waals surface area contributed by atoms with Crippen LogP contribution in [0.25, 0.3) is 11.0 Å². The highest BCUT2D eigenvalue weighted by Gasteiger charge is 2.26. The van der Waals surface area contributed by atoms with Gasteiger partial charge in [0.25, 0.3) is 0 Å². The van der Waals surface area contributed by atoms with E-state index in [0.717, 1.165) is 6.54 Å². The molecule has 3 nitrogen and oxygen atoms in total. The maximum atomic E-state index is 14.3. The van der Waals surface area contributed by atoms with Crippen LogP contribution in [0.15, 0.2) is 28.9 Å². The Morgan fingerprint density at radius 3 is 3.06 bits per heavy atom. The molecular weight excluding hydrogens is 221 g/mol. The van der Waals surface area contributed by atoms with Crippen molar-refractivity contribution in [1.29, 1.82) is 0 Å². The van der Waals surface area contributed by atoms with Gasteiger partial charge < -0.3 is 14.5 Å². The van der Waals surface area contributed by atoms with Gasteiger partial charge in [0, 0.05) is 18.2 Å². The number of nitrogens with one attached hydrogen (secondary N) is 1. The van der Waals surface area contributed by atoms with Crippen LogP contribution >= 0.6 is 0 Å². The van der Waals surface area contributed by atoms with Crippen LogP contribution < -0.4 is 5.32 Å². The van der Waals surface area contributed by atoms with Crippen LogP contribution in [0.3, 0.4) is 0 Å². The van der Waals surface area contributed by atoms with E-state index >= 15 is 0 Å². The molecule has 1 saturated heterocycles. The van der Waals surface area contributed by atoms with Crippen LogP contribution in [0.5, 0.6) is 0 Å². The van der Waals surface area contributed by atoms with Crippen molar-refractivity contribution in [2.75, 3.05) is 13.2 Å². The van der Waals surface area contributed by atoms with E-state index in [0.29, 0.717) is 23.1 Å². The average molecular weight is 235 g/mol. The molecule has 3 rings (SSSR count). The summed E-state index contributed by atoms with van der Waals surface area (Å²) in [5.74, 6) is -0.239. The Hall–Kier alpha value is -1.39. The van der Waals surface area contributed by atoms with Crippen LogP contribution in [0.1, 0.15) is 18.6 Å². The first-order valence-electron chi connectivity index (χ1n) is 5.78. The fourth-order valence-corrected chi connectivity index (χ4v) is 2.33. The molecule has 4 heteroatoms. The van der Waals surface area contributed by atoms with Crippen molar-refractivity contribution >= 4 is 11.0 Å². The lowest BCUT2D eigenvalue weighted by Gasteiger charge is -2.30. The highest BCUT2D eigenvalue weighted by atomic mass is 19.1. The summed E-state index contributed by atoms with van der Waals surface area (Å²) >= 11 is 0. The largest absolute Gasteiger partial charge is 0.464 e. The van der Waals surface area contributed by atoms with Crippen molar-refractivity contribution in [2.45, 2.75) is 19.1 Å². The molecule has 1 fully saturated rings. The topological polar surface area (TPSA) is 34.4 Å². The Morgan fingerprint density at radius 1 is 1.35 bits per heavy atom. The van der Waals surface area contributed by atoms with Crippen molar-refractivity contribution in [2.24, 2.45) is 0 Å². The van der Waals surface area contributed by atoms with Gasteiger partial charge in [0.1, 0.15) is 17.5 Å². The van der Waals surface area contributed by atoms with E-state index in [-0.39, 0.29) is 18.0 Å². The van der Waals surface area contributed by atoms with E-state index in [9.17, 15) is 4.39 Å². The Labute approximate surface area is 98.6 Å². The van der Waals surface area contributed by atoms with E-state index in [4.69, 9.17) is 9.15 Å². The maximum Gasteiger partial charge on any atom is 0.140 e. The minimum Gasteiger partial charge on any atom is -0.464 e. The molecule has 0 radical (unpaired) electrons. The number of rotatable bonds is 1. The molecule has 1 aromatic heterocycles. The third-order valence-electron chi connectivity index (χ3n) is 3.23. The van der Waals surface area contributed by atoms with Gasteiger partial charge in [-0.1, -0.05) is 0 Å². The molecule has 1 aromatic carbocycles. The summed E-state index contributed by atoms with van der Waals surface area (Å²) in [6, 6.07) is 5.30. The van der Waals surface area contributed by atoms with Gasteiger partial charge in [-0.15, -0.1) is 0 Å². The summed E-state index contributed by atoms with van der Waals surface area (Å²) in [6.07, 6.45) is 1.27.